The average molecular weight is 360 g/mol. The highest BCUT2D eigenvalue weighted by Crippen LogP contribution is 2.22. The quantitative estimate of drug-likeness (QED) is 0.344. The third-order valence-corrected chi connectivity index (χ3v) is 3.62. The van der Waals surface area contributed by atoms with Crippen LogP contribution in [0.15, 0.2) is 34.5 Å². The molecule has 0 unspecified atom stereocenters. The maximum Gasteiger partial charge on any atom is 0.263 e. The van der Waals surface area contributed by atoms with E-state index in [4.69, 9.17) is 17.0 Å². The molecule has 0 spiro atoms. The van der Waals surface area contributed by atoms with E-state index >= 15 is 0 Å². The van der Waals surface area contributed by atoms with Gasteiger partial charge in [-0.15, -0.1) is 0 Å². The standard InChI is InChI=1S/C15H12N4O5S/c1-8-11(19(22)24-18-8)7-23-12-5-3-2-4-9(12)6-10-13(20)16-15(25)17-14(10)21/h2-6H,7H2,1H3,(H2,16,17,20,21,25). The topological polar surface area (TPSA) is 120 Å². The Kier molecular flexibility index (Phi) is 4.44. The summed E-state index contributed by atoms with van der Waals surface area (Å²) >= 11 is 4.75. The number of carbonyl (C=O) groups excluding carboxylic acids is 2. The van der Waals surface area contributed by atoms with Crippen LogP contribution in [0, 0.1) is 12.1 Å². The zero-order valence-electron chi connectivity index (χ0n) is 12.9. The van der Waals surface area contributed by atoms with Crippen LogP contribution in [0.2, 0.25) is 0 Å². The van der Waals surface area contributed by atoms with E-state index in [1.807, 2.05) is 0 Å². The molecule has 2 amide bonds. The number of para-hydroxylation sites is 1. The smallest absolute Gasteiger partial charge is 0.263 e. The van der Waals surface area contributed by atoms with Crippen molar-refractivity contribution in [3.63, 3.8) is 0 Å². The Labute approximate surface area is 146 Å². The van der Waals surface area contributed by atoms with Crippen molar-refractivity contribution in [3.05, 3.63) is 52.0 Å². The van der Waals surface area contributed by atoms with E-state index in [9.17, 15) is 14.8 Å². The normalized spacial score (nSPS) is 14.1. The van der Waals surface area contributed by atoms with Gasteiger partial charge in [-0.2, -0.15) is 0 Å². The van der Waals surface area contributed by atoms with Crippen LogP contribution < -0.4 is 20.3 Å². The van der Waals surface area contributed by atoms with Gasteiger partial charge < -0.3 is 9.94 Å². The third kappa shape index (κ3) is 3.48. The van der Waals surface area contributed by atoms with Crippen molar-refractivity contribution in [2.45, 2.75) is 13.5 Å². The lowest BCUT2D eigenvalue weighted by atomic mass is 10.1. The summed E-state index contributed by atoms with van der Waals surface area (Å²) in [6.45, 7) is 1.53. The fourth-order valence-electron chi connectivity index (χ4n) is 2.13. The van der Waals surface area contributed by atoms with Gasteiger partial charge in [0, 0.05) is 17.6 Å². The van der Waals surface area contributed by atoms with Gasteiger partial charge in [0.25, 0.3) is 11.8 Å². The molecule has 0 aliphatic carbocycles. The summed E-state index contributed by atoms with van der Waals surface area (Å²) < 4.78 is 10.1. The van der Waals surface area contributed by atoms with Crippen LogP contribution in [0.3, 0.4) is 0 Å². The number of benzene rings is 1. The first-order valence-electron chi connectivity index (χ1n) is 7.11. The van der Waals surface area contributed by atoms with Gasteiger partial charge in [-0.3, -0.25) is 24.9 Å². The molecule has 1 aromatic heterocycles. The molecule has 0 atom stereocenters. The minimum Gasteiger partial charge on any atom is -0.484 e. The van der Waals surface area contributed by atoms with Crippen molar-refractivity contribution in [1.82, 2.24) is 15.8 Å². The first kappa shape index (κ1) is 16.6. The number of aromatic nitrogens is 2. The van der Waals surface area contributed by atoms with Crippen LogP contribution in [-0.2, 0) is 16.2 Å². The third-order valence-electron chi connectivity index (χ3n) is 3.42. The fraction of sp³-hybridized carbons (Fsp3) is 0.133. The largest absolute Gasteiger partial charge is 0.484 e. The predicted octanol–water partition coefficient (Wildman–Crippen LogP) is 0.110. The van der Waals surface area contributed by atoms with Crippen molar-refractivity contribution >= 4 is 35.2 Å². The maximum absolute atomic E-state index is 11.9. The van der Waals surface area contributed by atoms with Crippen LogP contribution in [0.4, 0.5) is 0 Å². The lowest BCUT2D eigenvalue weighted by molar-refractivity contribution is -0.808. The molecule has 0 radical (unpaired) electrons. The number of carbonyl (C=O) groups is 2. The van der Waals surface area contributed by atoms with Crippen molar-refractivity contribution in [1.29, 1.82) is 0 Å². The number of amides is 2. The van der Waals surface area contributed by atoms with E-state index in [1.54, 1.807) is 31.2 Å². The maximum atomic E-state index is 11.9. The molecule has 1 fully saturated rings. The molecule has 128 valence electrons. The Balaban J connectivity index is 1.86. The van der Waals surface area contributed by atoms with Gasteiger partial charge in [0.15, 0.2) is 11.7 Å². The average Bonchev–Trinajstić information content (AvgIpc) is 2.88. The highest BCUT2D eigenvalue weighted by Gasteiger charge is 2.26. The summed E-state index contributed by atoms with van der Waals surface area (Å²) in [5, 5.41) is 19.7. The van der Waals surface area contributed by atoms with E-state index in [0.29, 0.717) is 17.0 Å². The Morgan fingerprint density at radius 2 is 2.00 bits per heavy atom. The van der Waals surface area contributed by atoms with Gasteiger partial charge in [-0.1, -0.05) is 18.2 Å². The summed E-state index contributed by atoms with van der Waals surface area (Å²) in [5.74, 6) is -0.823. The Bertz CT molecular complexity index is 864. The Hall–Kier alpha value is -3.27. The van der Waals surface area contributed by atoms with Crippen LogP contribution in [0.25, 0.3) is 6.08 Å². The summed E-state index contributed by atoms with van der Waals surface area (Å²) in [5.41, 5.74) is 1.01. The van der Waals surface area contributed by atoms with Crippen molar-refractivity contribution in [3.8, 4) is 5.75 Å². The minimum atomic E-state index is -0.601. The summed E-state index contributed by atoms with van der Waals surface area (Å²) in [4.78, 5) is 24.1. The van der Waals surface area contributed by atoms with Crippen LogP contribution in [0.5, 0.6) is 5.75 Å². The molecule has 25 heavy (non-hydrogen) atoms. The number of rotatable bonds is 4. The number of nitrogens with zero attached hydrogens (tertiary/aromatic N) is 2. The lowest BCUT2D eigenvalue weighted by Gasteiger charge is -2.16. The minimum absolute atomic E-state index is 0.0420. The van der Waals surface area contributed by atoms with Crippen LogP contribution >= 0.6 is 12.2 Å². The molecule has 3 rings (SSSR count). The molecule has 2 aromatic rings. The first-order chi connectivity index (χ1) is 12.0. The number of aryl methyl sites for hydroxylation is 1. The number of nitrogens with one attached hydrogen (secondary N) is 2. The van der Waals surface area contributed by atoms with Gasteiger partial charge in [0.05, 0.1) is 0 Å². The molecular weight excluding hydrogens is 348 g/mol. The molecule has 10 heteroatoms. The molecular formula is C15H12N4O5S. The molecule has 1 aromatic carbocycles. The second-order valence-electron chi connectivity index (χ2n) is 5.08. The molecule has 2 heterocycles. The zero-order valence-corrected chi connectivity index (χ0v) is 13.8. The highest BCUT2D eigenvalue weighted by molar-refractivity contribution is 7.80. The summed E-state index contributed by atoms with van der Waals surface area (Å²) in [6, 6.07) is 6.76. The number of hydrogen-bond acceptors (Lipinski definition) is 7. The van der Waals surface area contributed by atoms with Crippen molar-refractivity contribution in [2.24, 2.45) is 0 Å². The number of ether oxygens (including phenoxy) is 1. The highest BCUT2D eigenvalue weighted by atomic mass is 32.1. The Morgan fingerprint density at radius 1 is 1.32 bits per heavy atom. The monoisotopic (exact) mass is 360 g/mol. The molecule has 0 saturated carbocycles. The summed E-state index contributed by atoms with van der Waals surface area (Å²) in [6.07, 6.45) is 1.38. The predicted molar refractivity (Wildman–Crippen MR) is 87.8 cm³/mol. The van der Waals surface area contributed by atoms with Gasteiger partial charge >= 0.3 is 0 Å². The first-order valence-corrected chi connectivity index (χ1v) is 7.52. The number of thiocarbonyl (C=S) groups is 1. The molecule has 2 N–H and O–H groups in total. The van der Waals surface area contributed by atoms with Gasteiger partial charge in [-0.05, 0) is 29.3 Å². The second-order valence-corrected chi connectivity index (χ2v) is 5.49. The molecule has 0 bridgehead atoms. The van der Waals surface area contributed by atoms with Crippen molar-refractivity contribution < 1.29 is 23.9 Å². The van der Waals surface area contributed by atoms with E-state index in [1.165, 1.54) is 6.08 Å². The van der Waals surface area contributed by atoms with Gasteiger partial charge in [0.1, 0.15) is 11.3 Å². The van der Waals surface area contributed by atoms with E-state index in [-0.39, 0.29) is 27.9 Å². The van der Waals surface area contributed by atoms with Gasteiger partial charge in [-0.25, -0.2) is 0 Å². The summed E-state index contributed by atoms with van der Waals surface area (Å²) in [7, 11) is 0. The lowest BCUT2D eigenvalue weighted by Crippen LogP contribution is -2.51. The van der Waals surface area contributed by atoms with E-state index in [2.05, 4.69) is 20.4 Å². The second kappa shape index (κ2) is 6.69. The molecule has 9 nitrogen and oxygen atoms in total. The van der Waals surface area contributed by atoms with Gasteiger partial charge in [0.2, 0.25) is 11.4 Å². The molecule has 1 aliphatic heterocycles. The van der Waals surface area contributed by atoms with E-state index < -0.39 is 11.8 Å². The Morgan fingerprint density at radius 3 is 2.64 bits per heavy atom. The molecule has 1 aliphatic rings. The van der Waals surface area contributed by atoms with E-state index in [0.717, 1.165) is 0 Å². The molecule has 1 saturated heterocycles. The fourth-order valence-corrected chi connectivity index (χ4v) is 2.31. The van der Waals surface area contributed by atoms with Crippen LogP contribution in [-0.4, -0.2) is 22.1 Å². The van der Waals surface area contributed by atoms with Crippen LogP contribution in [0.1, 0.15) is 17.0 Å². The zero-order chi connectivity index (χ0) is 18.0. The number of hydrogen-bond donors (Lipinski definition) is 2. The van der Waals surface area contributed by atoms with Crippen molar-refractivity contribution in [2.75, 3.05) is 0 Å². The SMILES string of the molecule is Cc1no[n+]([O-])c1COc1ccccc1C=C1C(=O)NC(=S)NC1=O.